The predicted octanol–water partition coefficient (Wildman–Crippen LogP) is 5.44. The van der Waals surface area contributed by atoms with Crippen molar-refractivity contribution in [3.8, 4) is 5.75 Å². The molecule has 1 fully saturated rings. The third kappa shape index (κ3) is 6.74. The Hall–Kier alpha value is -2.24. The number of halogens is 1. The van der Waals surface area contributed by atoms with Crippen LogP contribution in [0.4, 0.5) is 5.13 Å². The van der Waals surface area contributed by atoms with Gasteiger partial charge in [0.15, 0.2) is 5.13 Å². The molecule has 1 aliphatic rings. The summed E-state index contributed by atoms with van der Waals surface area (Å²) in [5.74, 6) is 1.00. The molecule has 0 aliphatic carbocycles. The number of aryl methyl sites for hydroxylation is 1. The minimum absolute atomic E-state index is 0. The van der Waals surface area contributed by atoms with E-state index in [9.17, 15) is 13.2 Å². The van der Waals surface area contributed by atoms with E-state index in [1.54, 1.807) is 40.6 Å². The minimum atomic E-state index is -3.58. The molecule has 3 aromatic rings. The number of fused-ring (bicyclic) bond motifs is 1. The van der Waals surface area contributed by atoms with Crippen molar-refractivity contribution in [2.45, 2.75) is 45.4 Å². The number of likely N-dealkylation sites (N-methyl/N-ethyl adjacent to an activating group) is 1. The van der Waals surface area contributed by atoms with E-state index >= 15 is 0 Å². The number of nitrogens with zero attached hydrogens (tertiary/aromatic N) is 4. The van der Waals surface area contributed by atoms with E-state index in [0.717, 1.165) is 41.7 Å². The van der Waals surface area contributed by atoms with E-state index in [4.69, 9.17) is 9.72 Å². The fourth-order valence-electron chi connectivity index (χ4n) is 4.74. The number of amides is 1. The lowest BCUT2D eigenvalue weighted by atomic mass is 10.0. The van der Waals surface area contributed by atoms with Crippen molar-refractivity contribution < 1.29 is 17.9 Å². The van der Waals surface area contributed by atoms with Crippen LogP contribution in [-0.4, -0.2) is 74.9 Å². The summed E-state index contributed by atoms with van der Waals surface area (Å²) in [7, 11) is -1.96. The molecule has 1 saturated heterocycles. The Morgan fingerprint density at radius 3 is 2.31 bits per heavy atom. The summed E-state index contributed by atoms with van der Waals surface area (Å²) in [4.78, 5) is 22.8. The van der Waals surface area contributed by atoms with Gasteiger partial charge in [-0.2, -0.15) is 4.31 Å². The van der Waals surface area contributed by atoms with Crippen molar-refractivity contribution in [1.82, 2.24) is 14.2 Å². The molecule has 8 nitrogen and oxygen atoms in total. The van der Waals surface area contributed by atoms with Crippen LogP contribution in [0.15, 0.2) is 41.3 Å². The summed E-state index contributed by atoms with van der Waals surface area (Å²) in [6.45, 7) is 12.4. The molecule has 1 aromatic heterocycles. The molecule has 214 valence electrons. The number of ether oxygens (including phenoxy) is 1. The molecular weight excluding hydrogens is 556 g/mol. The molecule has 11 heteroatoms. The molecule has 0 bridgehead atoms. The second kappa shape index (κ2) is 13.4. The van der Waals surface area contributed by atoms with E-state index in [0.29, 0.717) is 48.5 Å². The molecule has 2 aromatic carbocycles. The average Bonchev–Trinajstić information content (AvgIpc) is 3.37. The molecule has 0 radical (unpaired) electrons. The van der Waals surface area contributed by atoms with E-state index in [2.05, 4.69) is 25.7 Å². The quantitative estimate of drug-likeness (QED) is 0.311. The first-order valence-corrected chi connectivity index (χ1v) is 15.5. The van der Waals surface area contributed by atoms with E-state index < -0.39 is 10.0 Å². The van der Waals surface area contributed by atoms with Gasteiger partial charge in [-0.05, 0) is 74.7 Å². The van der Waals surface area contributed by atoms with Crippen LogP contribution in [0.25, 0.3) is 10.2 Å². The standard InChI is InChI=1S/C28H38N4O4S2.ClH/c1-6-30(7-2)18-19-32(28-29-25-24(36-5)13-8-21(4)26(25)37-28)27(33)22-9-11-23(12-10-22)38(34,35)31-16-14-20(3)15-17-31;/h8-13,20H,6-7,14-19H2,1-5H3;1H. The molecule has 0 saturated carbocycles. The maximum Gasteiger partial charge on any atom is 0.260 e. The summed E-state index contributed by atoms with van der Waals surface area (Å²) in [6, 6.07) is 10.2. The van der Waals surface area contributed by atoms with E-state index in [-0.39, 0.29) is 23.2 Å². The Morgan fingerprint density at radius 2 is 1.72 bits per heavy atom. The second-order valence-electron chi connectivity index (χ2n) is 9.85. The van der Waals surface area contributed by atoms with Crippen LogP contribution >= 0.6 is 23.7 Å². The first-order chi connectivity index (χ1) is 18.2. The van der Waals surface area contributed by atoms with Crippen LogP contribution in [0.3, 0.4) is 0 Å². The van der Waals surface area contributed by atoms with Gasteiger partial charge in [0, 0.05) is 31.7 Å². The van der Waals surface area contributed by atoms with E-state index in [1.807, 2.05) is 19.1 Å². The zero-order valence-corrected chi connectivity index (χ0v) is 25.8. The third-order valence-electron chi connectivity index (χ3n) is 7.40. The zero-order chi connectivity index (χ0) is 27.4. The number of thiazole rings is 1. The Morgan fingerprint density at radius 1 is 1.08 bits per heavy atom. The highest BCUT2D eigenvalue weighted by Gasteiger charge is 2.29. The number of hydrogen-bond donors (Lipinski definition) is 0. The highest BCUT2D eigenvalue weighted by atomic mass is 35.5. The van der Waals surface area contributed by atoms with Gasteiger partial charge in [-0.1, -0.05) is 38.2 Å². The topological polar surface area (TPSA) is 83.1 Å². The number of methoxy groups -OCH3 is 1. The smallest absolute Gasteiger partial charge is 0.260 e. The molecule has 0 unspecified atom stereocenters. The summed E-state index contributed by atoms with van der Waals surface area (Å²) >= 11 is 1.47. The number of carbonyl (C=O) groups is 1. The first-order valence-electron chi connectivity index (χ1n) is 13.3. The summed E-state index contributed by atoms with van der Waals surface area (Å²) in [5, 5.41) is 0.601. The average molecular weight is 595 g/mol. The van der Waals surface area contributed by atoms with Gasteiger partial charge < -0.3 is 9.64 Å². The van der Waals surface area contributed by atoms with Crippen molar-refractivity contribution in [3.05, 3.63) is 47.5 Å². The Kier molecular flexibility index (Phi) is 10.8. The monoisotopic (exact) mass is 594 g/mol. The fraction of sp³-hybridized carbons (Fsp3) is 0.500. The number of benzene rings is 2. The Balaban J connectivity index is 0.00000420. The molecule has 1 amide bonds. The Bertz CT molecular complexity index is 1370. The van der Waals surface area contributed by atoms with Crippen LogP contribution in [0, 0.1) is 12.8 Å². The van der Waals surface area contributed by atoms with Crippen LogP contribution in [0.1, 0.15) is 49.5 Å². The lowest BCUT2D eigenvalue weighted by Crippen LogP contribution is -2.39. The van der Waals surface area contributed by atoms with Crippen molar-refractivity contribution in [3.63, 3.8) is 0 Å². The maximum absolute atomic E-state index is 13.8. The number of carbonyl (C=O) groups excluding carboxylic acids is 1. The molecule has 2 heterocycles. The third-order valence-corrected chi connectivity index (χ3v) is 10.5. The second-order valence-corrected chi connectivity index (χ2v) is 12.8. The lowest BCUT2D eigenvalue weighted by molar-refractivity contribution is 0.0983. The molecule has 39 heavy (non-hydrogen) atoms. The van der Waals surface area contributed by atoms with Crippen molar-refractivity contribution >= 4 is 55.0 Å². The van der Waals surface area contributed by atoms with Gasteiger partial charge in [-0.15, -0.1) is 12.4 Å². The molecule has 1 aliphatic heterocycles. The van der Waals surface area contributed by atoms with Crippen molar-refractivity contribution in [2.24, 2.45) is 5.92 Å². The van der Waals surface area contributed by atoms with Crippen molar-refractivity contribution in [1.29, 1.82) is 0 Å². The van der Waals surface area contributed by atoms with Gasteiger partial charge in [0.1, 0.15) is 11.3 Å². The zero-order valence-electron chi connectivity index (χ0n) is 23.3. The fourth-order valence-corrected chi connectivity index (χ4v) is 7.29. The molecule has 0 spiro atoms. The van der Waals surface area contributed by atoms with Gasteiger partial charge in [0.2, 0.25) is 10.0 Å². The number of rotatable bonds is 10. The minimum Gasteiger partial charge on any atom is -0.494 e. The largest absolute Gasteiger partial charge is 0.494 e. The SMILES string of the molecule is CCN(CC)CCN(C(=O)c1ccc(S(=O)(=O)N2CCC(C)CC2)cc1)c1nc2c(OC)ccc(C)c2s1.Cl. The van der Waals surface area contributed by atoms with Gasteiger partial charge in [0.25, 0.3) is 5.91 Å². The van der Waals surface area contributed by atoms with Crippen LogP contribution in [0.5, 0.6) is 5.75 Å². The highest BCUT2D eigenvalue weighted by Crippen LogP contribution is 2.37. The van der Waals surface area contributed by atoms with Crippen LogP contribution < -0.4 is 9.64 Å². The summed E-state index contributed by atoms with van der Waals surface area (Å²) < 4.78 is 34.4. The van der Waals surface area contributed by atoms with Gasteiger partial charge >= 0.3 is 0 Å². The van der Waals surface area contributed by atoms with Crippen LogP contribution in [0.2, 0.25) is 0 Å². The number of aromatic nitrogens is 1. The molecular formula is C28H39ClN4O4S2. The first kappa shape index (κ1) is 31.3. The maximum atomic E-state index is 13.8. The lowest BCUT2D eigenvalue weighted by Gasteiger charge is -2.29. The predicted molar refractivity (Wildman–Crippen MR) is 161 cm³/mol. The highest BCUT2D eigenvalue weighted by molar-refractivity contribution is 7.89. The molecule has 0 N–H and O–H groups in total. The Labute approximate surface area is 242 Å². The van der Waals surface area contributed by atoms with E-state index in [1.165, 1.54) is 11.3 Å². The van der Waals surface area contributed by atoms with Gasteiger partial charge in [-0.25, -0.2) is 13.4 Å². The number of sulfonamides is 1. The number of hydrogen-bond acceptors (Lipinski definition) is 7. The van der Waals surface area contributed by atoms with Gasteiger partial charge in [0.05, 0.1) is 16.7 Å². The molecule has 4 rings (SSSR count). The normalized spacial score (nSPS) is 14.9. The summed E-state index contributed by atoms with van der Waals surface area (Å²) in [6.07, 6.45) is 1.73. The molecule has 0 atom stereocenters. The van der Waals surface area contributed by atoms with Gasteiger partial charge in [-0.3, -0.25) is 9.69 Å². The summed E-state index contributed by atoms with van der Waals surface area (Å²) in [5.41, 5.74) is 2.24. The number of anilines is 1. The van der Waals surface area contributed by atoms with Crippen LogP contribution in [-0.2, 0) is 10.0 Å². The number of piperidine rings is 1. The van der Waals surface area contributed by atoms with Crippen molar-refractivity contribution in [2.75, 3.05) is 51.3 Å².